The molecule has 0 amide bonds. The zero-order chi connectivity index (χ0) is 17.3. The van der Waals surface area contributed by atoms with Crippen LogP contribution in [-0.2, 0) is 0 Å². The summed E-state index contributed by atoms with van der Waals surface area (Å²) in [5.74, 6) is 0. The third-order valence-corrected chi connectivity index (χ3v) is 7.44. The zero-order valence-electron chi connectivity index (χ0n) is 13.8. The SMILES string of the molecule is Brc1cc2ccccc2c2c1sc1c3ccccc3c3ccccc3c12. The Balaban J connectivity index is 2.07. The van der Waals surface area contributed by atoms with Crippen molar-refractivity contribution in [3.05, 3.63) is 83.3 Å². The second-order valence-corrected chi connectivity index (χ2v) is 8.56. The molecule has 0 unspecified atom stereocenters. The third kappa shape index (κ3) is 1.83. The van der Waals surface area contributed by atoms with Crippen LogP contribution in [0.1, 0.15) is 0 Å². The first-order valence-electron chi connectivity index (χ1n) is 8.66. The summed E-state index contributed by atoms with van der Waals surface area (Å²) in [7, 11) is 0. The molecule has 1 aromatic heterocycles. The van der Waals surface area contributed by atoms with Crippen molar-refractivity contribution in [2.24, 2.45) is 0 Å². The standard InChI is InChI=1S/C24H13BrS/c25-20-13-14-7-1-2-8-15(14)21-22-18-11-5-3-9-16(18)17-10-4-6-12-19(17)23(22)26-24(20)21/h1-13H. The van der Waals surface area contributed by atoms with Gasteiger partial charge in [0.15, 0.2) is 0 Å². The minimum atomic E-state index is 1.18. The van der Waals surface area contributed by atoms with Crippen LogP contribution in [0.3, 0.4) is 0 Å². The van der Waals surface area contributed by atoms with Crippen molar-refractivity contribution in [1.82, 2.24) is 0 Å². The second kappa shape index (κ2) is 5.29. The summed E-state index contributed by atoms with van der Waals surface area (Å²) in [5.41, 5.74) is 0. The average molecular weight is 413 g/mol. The smallest absolute Gasteiger partial charge is 0.0504 e. The summed E-state index contributed by atoms with van der Waals surface area (Å²) in [6, 6.07) is 28.6. The minimum absolute atomic E-state index is 1.18. The lowest BCUT2D eigenvalue weighted by Gasteiger charge is -2.08. The maximum atomic E-state index is 3.83. The van der Waals surface area contributed by atoms with E-state index in [9.17, 15) is 0 Å². The van der Waals surface area contributed by atoms with Gasteiger partial charge >= 0.3 is 0 Å². The van der Waals surface area contributed by atoms with Crippen LogP contribution in [0.15, 0.2) is 83.3 Å². The second-order valence-electron chi connectivity index (χ2n) is 6.68. The molecule has 0 aliphatic rings. The molecule has 6 aromatic rings. The van der Waals surface area contributed by atoms with Crippen molar-refractivity contribution in [1.29, 1.82) is 0 Å². The van der Waals surface area contributed by atoms with Crippen molar-refractivity contribution >= 4 is 79.8 Å². The van der Waals surface area contributed by atoms with E-state index in [0.29, 0.717) is 0 Å². The normalized spacial score (nSPS) is 12.0. The maximum absolute atomic E-state index is 3.83. The molecule has 6 rings (SSSR count). The zero-order valence-corrected chi connectivity index (χ0v) is 16.2. The minimum Gasteiger partial charge on any atom is -0.133 e. The van der Waals surface area contributed by atoms with Crippen molar-refractivity contribution in [3.8, 4) is 0 Å². The average Bonchev–Trinajstić information content (AvgIpc) is 3.10. The monoisotopic (exact) mass is 412 g/mol. The molecule has 0 saturated heterocycles. The van der Waals surface area contributed by atoms with Crippen molar-refractivity contribution in [2.45, 2.75) is 0 Å². The highest BCUT2D eigenvalue weighted by Gasteiger charge is 2.17. The highest BCUT2D eigenvalue weighted by Crippen LogP contribution is 2.48. The molecule has 0 nitrogen and oxygen atoms in total. The topological polar surface area (TPSA) is 0 Å². The van der Waals surface area contributed by atoms with Gasteiger partial charge in [0.05, 0.1) is 4.70 Å². The molecule has 5 aromatic carbocycles. The Bertz CT molecular complexity index is 1490. The number of halogens is 1. The molecule has 0 spiro atoms. The van der Waals surface area contributed by atoms with E-state index in [-0.39, 0.29) is 0 Å². The Hall–Kier alpha value is -2.42. The molecular weight excluding hydrogens is 400 g/mol. The summed E-state index contributed by atoms with van der Waals surface area (Å²) in [6.45, 7) is 0. The lowest BCUT2D eigenvalue weighted by Crippen LogP contribution is -1.80. The summed E-state index contributed by atoms with van der Waals surface area (Å²) in [5, 5.41) is 10.7. The van der Waals surface area contributed by atoms with Crippen LogP contribution in [0.25, 0.3) is 52.5 Å². The van der Waals surface area contributed by atoms with E-state index in [2.05, 4.69) is 94.8 Å². The molecule has 0 saturated carbocycles. The first-order valence-corrected chi connectivity index (χ1v) is 10.3. The molecule has 0 aliphatic carbocycles. The Morgan fingerprint density at radius 3 is 1.85 bits per heavy atom. The van der Waals surface area contributed by atoms with Crippen molar-refractivity contribution in [2.75, 3.05) is 0 Å². The number of hydrogen-bond donors (Lipinski definition) is 0. The van der Waals surface area contributed by atoms with Crippen LogP contribution >= 0.6 is 27.3 Å². The predicted molar refractivity (Wildman–Crippen MR) is 120 cm³/mol. The fourth-order valence-corrected chi connectivity index (χ4v) is 6.17. The van der Waals surface area contributed by atoms with E-state index in [1.807, 2.05) is 11.3 Å². The molecule has 26 heavy (non-hydrogen) atoms. The highest BCUT2D eigenvalue weighted by molar-refractivity contribution is 9.10. The Morgan fingerprint density at radius 2 is 1.08 bits per heavy atom. The van der Waals surface area contributed by atoms with Gasteiger partial charge in [-0.15, -0.1) is 11.3 Å². The molecule has 0 N–H and O–H groups in total. The van der Waals surface area contributed by atoms with Crippen LogP contribution in [-0.4, -0.2) is 0 Å². The van der Waals surface area contributed by atoms with Gasteiger partial charge in [-0.05, 0) is 48.9 Å². The highest BCUT2D eigenvalue weighted by atomic mass is 79.9. The molecular formula is C24H13BrS. The predicted octanol–water partition coefficient (Wildman–Crippen LogP) is 8.28. The van der Waals surface area contributed by atoms with Crippen molar-refractivity contribution in [3.63, 3.8) is 0 Å². The lowest BCUT2D eigenvalue weighted by atomic mass is 9.95. The van der Waals surface area contributed by atoms with E-state index >= 15 is 0 Å². The quantitative estimate of drug-likeness (QED) is 0.220. The van der Waals surface area contributed by atoms with Gasteiger partial charge in [-0.2, -0.15) is 0 Å². The maximum Gasteiger partial charge on any atom is 0.0504 e. The van der Waals surface area contributed by atoms with Crippen LogP contribution < -0.4 is 0 Å². The Kier molecular flexibility index (Phi) is 3.00. The Labute approximate surface area is 162 Å². The lowest BCUT2D eigenvalue weighted by molar-refractivity contribution is 1.79. The van der Waals surface area contributed by atoms with E-state index in [1.54, 1.807) is 0 Å². The fourth-order valence-electron chi connectivity index (χ4n) is 4.21. The summed E-state index contributed by atoms with van der Waals surface area (Å²) in [4.78, 5) is 0. The molecule has 0 aliphatic heterocycles. The number of fused-ring (bicyclic) bond motifs is 10. The largest absolute Gasteiger partial charge is 0.133 e. The van der Waals surface area contributed by atoms with Gasteiger partial charge in [-0.3, -0.25) is 0 Å². The fraction of sp³-hybridized carbons (Fsp3) is 0. The van der Waals surface area contributed by atoms with Gasteiger partial charge < -0.3 is 0 Å². The number of hydrogen-bond acceptors (Lipinski definition) is 1. The van der Waals surface area contributed by atoms with Gasteiger partial charge in [-0.25, -0.2) is 0 Å². The van der Waals surface area contributed by atoms with Gasteiger partial charge in [0, 0.05) is 25.3 Å². The van der Waals surface area contributed by atoms with Crippen LogP contribution in [0.5, 0.6) is 0 Å². The van der Waals surface area contributed by atoms with Gasteiger partial charge in [0.25, 0.3) is 0 Å². The summed E-state index contributed by atoms with van der Waals surface area (Å²) in [6.07, 6.45) is 0. The molecule has 0 radical (unpaired) electrons. The molecule has 122 valence electrons. The van der Waals surface area contributed by atoms with Crippen LogP contribution in [0.2, 0.25) is 0 Å². The first-order chi connectivity index (χ1) is 12.8. The van der Waals surface area contributed by atoms with Crippen molar-refractivity contribution < 1.29 is 0 Å². The number of thiophene rings is 1. The van der Waals surface area contributed by atoms with Crippen LogP contribution in [0.4, 0.5) is 0 Å². The third-order valence-electron chi connectivity index (χ3n) is 5.30. The Morgan fingerprint density at radius 1 is 0.538 bits per heavy atom. The van der Waals surface area contributed by atoms with E-state index in [0.717, 1.165) is 0 Å². The molecule has 2 heteroatoms. The number of benzene rings is 5. The van der Waals surface area contributed by atoms with Gasteiger partial charge in [0.1, 0.15) is 0 Å². The number of rotatable bonds is 0. The molecule has 0 fully saturated rings. The van der Waals surface area contributed by atoms with E-state index < -0.39 is 0 Å². The summed E-state index contributed by atoms with van der Waals surface area (Å²) < 4.78 is 3.90. The van der Waals surface area contributed by atoms with Crippen LogP contribution in [0, 0.1) is 0 Å². The van der Waals surface area contributed by atoms with Gasteiger partial charge in [-0.1, -0.05) is 72.8 Å². The molecule has 1 heterocycles. The summed E-state index contributed by atoms with van der Waals surface area (Å²) >= 11 is 5.74. The van der Waals surface area contributed by atoms with E-state index in [1.165, 1.54) is 57.0 Å². The van der Waals surface area contributed by atoms with Gasteiger partial charge in [0.2, 0.25) is 0 Å². The molecule has 0 bridgehead atoms. The molecule has 0 atom stereocenters. The first kappa shape index (κ1) is 14.7. The van der Waals surface area contributed by atoms with E-state index in [4.69, 9.17) is 0 Å².